The predicted octanol–water partition coefficient (Wildman–Crippen LogP) is 4.46. The van der Waals surface area contributed by atoms with Crippen LogP contribution in [0.1, 0.15) is 11.1 Å². The minimum absolute atomic E-state index is 0.0146. The van der Waals surface area contributed by atoms with E-state index in [1.807, 2.05) is 0 Å². The molecule has 19 heavy (non-hydrogen) atoms. The zero-order chi connectivity index (χ0) is 13.9. The van der Waals surface area contributed by atoms with Gasteiger partial charge in [0.25, 0.3) is 0 Å². The summed E-state index contributed by atoms with van der Waals surface area (Å²) < 4.78 is 51.2. The summed E-state index contributed by atoms with van der Waals surface area (Å²) >= 11 is 0. The average Bonchev–Trinajstić information content (AvgIpc) is 2.36. The van der Waals surface area contributed by atoms with Gasteiger partial charge in [-0.25, -0.2) is 4.39 Å². The Hall–Kier alpha value is -2.04. The van der Waals surface area contributed by atoms with Gasteiger partial charge in [0.05, 0.1) is 5.56 Å². The van der Waals surface area contributed by atoms with Gasteiger partial charge in [-0.2, -0.15) is 13.2 Å². The van der Waals surface area contributed by atoms with Crippen molar-refractivity contribution < 1.29 is 17.6 Å². The van der Waals surface area contributed by atoms with Gasteiger partial charge in [0.2, 0.25) is 0 Å². The second kappa shape index (κ2) is 5.30. The fourth-order valence-electron chi connectivity index (χ4n) is 1.73. The van der Waals surface area contributed by atoms with Crippen molar-refractivity contribution in [1.29, 1.82) is 0 Å². The Morgan fingerprint density at radius 1 is 0.947 bits per heavy atom. The molecule has 2 aromatic carbocycles. The normalized spacial score (nSPS) is 11.4. The zero-order valence-corrected chi connectivity index (χ0v) is 9.84. The summed E-state index contributed by atoms with van der Waals surface area (Å²) in [6.07, 6.45) is -4.41. The molecule has 1 N–H and O–H groups in total. The molecule has 0 aliphatic rings. The third kappa shape index (κ3) is 3.47. The molecular weight excluding hydrogens is 258 g/mol. The number of alkyl halides is 3. The minimum atomic E-state index is -4.41. The molecule has 0 aliphatic carbocycles. The predicted molar refractivity (Wildman–Crippen MR) is 65.2 cm³/mol. The van der Waals surface area contributed by atoms with Crippen LogP contribution in [0.2, 0.25) is 0 Å². The highest BCUT2D eigenvalue weighted by Gasteiger charge is 2.32. The van der Waals surface area contributed by atoms with Gasteiger partial charge in [-0.15, -0.1) is 0 Å². The molecule has 0 unspecified atom stereocenters. The van der Waals surface area contributed by atoms with Gasteiger partial charge < -0.3 is 5.32 Å². The van der Waals surface area contributed by atoms with Crippen LogP contribution in [0.15, 0.2) is 48.5 Å². The average molecular weight is 269 g/mol. The van der Waals surface area contributed by atoms with Crippen LogP contribution in [0.4, 0.5) is 23.2 Å². The number of para-hydroxylation sites is 1. The molecule has 5 heteroatoms. The van der Waals surface area contributed by atoms with Crippen LogP contribution in [0.25, 0.3) is 0 Å². The topological polar surface area (TPSA) is 12.0 Å². The Balaban J connectivity index is 2.16. The van der Waals surface area contributed by atoms with Crippen molar-refractivity contribution in [2.24, 2.45) is 0 Å². The summed E-state index contributed by atoms with van der Waals surface area (Å²) in [5.74, 6) is -0.414. The molecule has 0 bridgehead atoms. The lowest BCUT2D eigenvalue weighted by atomic mass is 10.1. The molecule has 2 aromatic rings. The monoisotopic (exact) mass is 269 g/mol. The molecule has 0 fully saturated rings. The number of hydrogen-bond donors (Lipinski definition) is 1. The van der Waals surface area contributed by atoms with Gasteiger partial charge in [-0.05, 0) is 29.8 Å². The Labute approximate surface area is 107 Å². The van der Waals surface area contributed by atoms with E-state index in [-0.39, 0.29) is 12.2 Å². The summed E-state index contributed by atoms with van der Waals surface area (Å²) in [6.45, 7) is 0.130. The molecule has 2 rings (SSSR count). The Bertz CT molecular complexity index is 563. The standard InChI is InChI=1S/C14H11F4N/c15-11-5-3-4-10(8-11)9-19-13-7-2-1-6-12(13)14(16,17)18/h1-8,19H,9H2. The molecule has 0 saturated heterocycles. The lowest BCUT2D eigenvalue weighted by Gasteiger charge is -2.14. The Kier molecular flexibility index (Phi) is 3.74. The lowest BCUT2D eigenvalue weighted by Crippen LogP contribution is -2.10. The van der Waals surface area contributed by atoms with Crippen LogP contribution < -0.4 is 5.32 Å². The largest absolute Gasteiger partial charge is 0.418 e. The first-order chi connectivity index (χ1) is 8.97. The van der Waals surface area contributed by atoms with E-state index in [1.165, 1.54) is 36.4 Å². The molecule has 0 aromatic heterocycles. The maximum Gasteiger partial charge on any atom is 0.418 e. The molecule has 0 amide bonds. The van der Waals surface area contributed by atoms with Gasteiger partial charge in [0, 0.05) is 12.2 Å². The first-order valence-electron chi connectivity index (χ1n) is 5.61. The highest BCUT2D eigenvalue weighted by molar-refractivity contribution is 5.52. The molecule has 0 saturated carbocycles. The molecule has 0 spiro atoms. The molecule has 100 valence electrons. The first kappa shape index (κ1) is 13.4. The van der Waals surface area contributed by atoms with Crippen molar-refractivity contribution in [3.8, 4) is 0 Å². The number of rotatable bonds is 3. The fourth-order valence-corrected chi connectivity index (χ4v) is 1.73. The van der Waals surface area contributed by atoms with Gasteiger partial charge >= 0.3 is 6.18 Å². The minimum Gasteiger partial charge on any atom is -0.380 e. The van der Waals surface area contributed by atoms with Crippen molar-refractivity contribution >= 4 is 5.69 Å². The van der Waals surface area contributed by atoms with Crippen LogP contribution in [0.5, 0.6) is 0 Å². The second-order valence-corrected chi connectivity index (χ2v) is 4.03. The van der Waals surface area contributed by atoms with Gasteiger partial charge in [-0.3, -0.25) is 0 Å². The third-order valence-corrected chi connectivity index (χ3v) is 2.60. The third-order valence-electron chi connectivity index (χ3n) is 2.60. The summed E-state index contributed by atoms with van der Waals surface area (Å²) in [7, 11) is 0. The van der Waals surface area contributed by atoms with Gasteiger partial charge in [-0.1, -0.05) is 24.3 Å². The number of anilines is 1. The summed E-state index contributed by atoms with van der Waals surface area (Å²) in [5, 5.41) is 2.68. The summed E-state index contributed by atoms with van der Waals surface area (Å²) in [5.41, 5.74) is -0.164. The molecular formula is C14H11F4N. The van der Waals surface area contributed by atoms with E-state index in [0.717, 1.165) is 6.07 Å². The van der Waals surface area contributed by atoms with E-state index in [0.29, 0.717) is 5.56 Å². The van der Waals surface area contributed by atoms with E-state index in [1.54, 1.807) is 6.07 Å². The van der Waals surface area contributed by atoms with Crippen molar-refractivity contribution in [1.82, 2.24) is 0 Å². The molecule has 0 radical (unpaired) electrons. The van der Waals surface area contributed by atoms with Crippen LogP contribution >= 0.6 is 0 Å². The van der Waals surface area contributed by atoms with Crippen molar-refractivity contribution in [3.63, 3.8) is 0 Å². The zero-order valence-electron chi connectivity index (χ0n) is 9.84. The van der Waals surface area contributed by atoms with Crippen LogP contribution in [-0.2, 0) is 12.7 Å². The van der Waals surface area contributed by atoms with E-state index in [2.05, 4.69) is 5.32 Å². The second-order valence-electron chi connectivity index (χ2n) is 4.03. The van der Waals surface area contributed by atoms with Crippen LogP contribution in [0.3, 0.4) is 0 Å². The number of hydrogen-bond acceptors (Lipinski definition) is 1. The van der Waals surface area contributed by atoms with Gasteiger partial charge in [0.1, 0.15) is 5.82 Å². The molecule has 0 heterocycles. The maximum absolute atomic E-state index is 13.0. The van der Waals surface area contributed by atoms with Crippen LogP contribution in [-0.4, -0.2) is 0 Å². The van der Waals surface area contributed by atoms with Crippen molar-refractivity contribution in [2.45, 2.75) is 12.7 Å². The van der Waals surface area contributed by atoms with E-state index in [9.17, 15) is 17.6 Å². The number of nitrogens with one attached hydrogen (secondary N) is 1. The van der Waals surface area contributed by atoms with E-state index < -0.39 is 17.6 Å². The Morgan fingerprint density at radius 3 is 2.37 bits per heavy atom. The fraction of sp³-hybridized carbons (Fsp3) is 0.143. The van der Waals surface area contributed by atoms with E-state index >= 15 is 0 Å². The van der Waals surface area contributed by atoms with Crippen molar-refractivity contribution in [2.75, 3.05) is 5.32 Å². The van der Waals surface area contributed by atoms with Crippen molar-refractivity contribution in [3.05, 3.63) is 65.5 Å². The van der Waals surface area contributed by atoms with Crippen LogP contribution in [0, 0.1) is 5.82 Å². The molecule has 0 aliphatic heterocycles. The smallest absolute Gasteiger partial charge is 0.380 e. The molecule has 1 nitrogen and oxygen atoms in total. The molecule has 0 atom stereocenters. The SMILES string of the molecule is Fc1cccc(CNc2ccccc2C(F)(F)F)c1. The Morgan fingerprint density at radius 2 is 1.68 bits per heavy atom. The lowest BCUT2D eigenvalue weighted by molar-refractivity contribution is -0.136. The maximum atomic E-state index is 13.0. The highest BCUT2D eigenvalue weighted by Crippen LogP contribution is 2.34. The number of benzene rings is 2. The van der Waals surface area contributed by atoms with E-state index in [4.69, 9.17) is 0 Å². The van der Waals surface area contributed by atoms with Gasteiger partial charge in [0.15, 0.2) is 0 Å². The summed E-state index contributed by atoms with van der Waals surface area (Å²) in [4.78, 5) is 0. The number of halogens is 4. The first-order valence-corrected chi connectivity index (χ1v) is 5.61. The quantitative estimate of drug-likeness (QED) is 0.811. The summed E-state index contributed by atoms with van der Waals surface area (Å²) in [6, 6.07) is 10.9. The highest BCUT2D eigenvalue weighted by atomic mass is 19.4.